The number of rotatable bonds is 1. The number of hydrogen-bond donors (Lipinski definition) is 2. The molecule has 7 rings (SSSR count). The average Bonchev–Trinajstić information content (AvgIpc) is 3.18. The molecule has 2 aromatic carbocycles. The molecule has 1 saturated heterocycles. The summed E-state index contributed by atoms with van der Waals surface area (Å²) < 4.78 is 35.9. The van der Waals surface area contributed by atoms with Crippen molar-refractivity contribution in [1.82, 2.24) is 4.72 Å². The van der Waals surface area contributed by atoms with Crippen LogP contribution >= 0.6 is 11.6 Å². The van der Waals surface area contributed by atoms with Crippen LogP contribution in [0.4, 0.5) is 5.69 Å². The Hall–Kier alpha value is -2.30. The molecule has 1 amide bonds. The lowest BCUT2D eigenvalue weighted by Gasteiger charge is -2.48. The molecule has 0 radical (unpaired) electrons. The normalized spacial score (nSPS) is 37.8. The van der Waals surface area contributed by atoms with Gasteiger partial charge in [-0.15, -0.1) is 0 Å². The first-order chi connectivity index (χ1) is 22.5. The van der Waals surface area contributed by atoms with Crippen molar-refractivity contribution in [1.29, 1.82) is 0 Å². The van der Waals surface area contributed by atoms with Crippen molar-refractivity contribution in [3.05, 3.63) is 58.1 Å². The van der Waals surface area contributed by atoms with Gasteiger partial charge in [-0.3, -0.25) is 9.52 Å². The molecule has 8 nitrogen and oxygen atoms in total. The molecule has 2 aliphatic carbocycles. The molecule has 3 aliphatic heterocycles. The largest absolute Gasteiger partial charge is 0.490 e. The molecule has 2 aromatic rings. The Balaban J connectivity index is 1.28. The average molecular weight is 684 g/mol. The fourth-order valence-electron chi connectivity index (χ4n) is 8.85. The summed E-state index contributed by atoms with van der Waals surface area (Å²) in [6.45, 7) is 7.27. The van der Waals surface area contributed by atoms with E-state index in [4.69, 9.17) is 31.5 Å². The van der Waals surface area contributed by atoms with Crippen molar-refractivity contribution < 1.29 is 23.2 Å². The van der Waals surface area contributed by atoms with Crippen molar-refractivity contribution in [2.75, 3.05) is 37.8 Å². The van der Waals surface area contributed by atoms with Gasteiger partial charge in [0.15, 0.2) is 6.29 Å². The van der Waals surface area contributed by atoms with Gasteiger partial charge in [0.1, 0.15) is 5.75 Å². The molecule has 7 atom stereocenters. The minimum absolute atomic E-state index is 0.0943. The van der Waals surface area contributed by atoms with Crippen LogP contribution in [0, 0.1) is 23.7 Å². The van der Waals surface area contributed by atoms with Crippen LogP contribution in [-0.2, 0) is 31.0 Å². The van der Waals surface area contributed by atoms with Crippen LogP contribution in [0.3, 0.4) is 0 Å². The fourth-order valence-corrected chi connectivity index (χ4v) is 10.5. The number of nitrogens with zero attached hydrogens (tertiary/aromatic N) is 1. The number of anilines is 1. The van der Waals surface area contributed by atoms with Crippen molar-refractivity contribution in [2.45, 2.75) is 88.2 Å². The summed E-state index contributed by atoms with van der Waals surface area (Å²) >= 11 is 6.47. The smallest absolute Gasteiger partial charge is 0.262 e. The van der Waals surface area contributed by atoms with Crippen molar-refractivity contribution in [3.8, 4) is 5.75 Å². The summed E-state index contributed by atoms with van der Waals surface area (Å²) in [6.07, 6.45) is 7.90. The Morgan fingerprint density at radius 3 is 2.62 bits per heavy atom. The number of nitrogens with one attached hydrogen (secondary N) is 1. The lowest BCUT2D eigenvalue weighted by atomic mass is 9.64. The van der Waals surface area contributed by atoms with Crippen LogP contribution in [0.5, 0.6) is 5.75 Å². The number of carbonyl (C=O) groups excluding carboxylic acids is 1. The molecular formula is C37H50ClN3O5S. The zero-order valence-electron chi connectivity index (χ0n) is 27.8. The molecule has 2 bridgehead atoms. The Morgan fingerprint density at radius 1 is 1.04 bits per heavy atom. The van der Waals surface area contributed by atoms with E-state index in [9.17, 15) is 9.00 Å². The molecule has 1 saturated carbocycles. The number of ether oxygens (including phenoxy) is 3. The van der Waals surface area contributed by atoms with E-state index < -0.39 is 9.71 Å². The maximum atomic E-state index is 13.9. The van der Waals surface area contributed by atoms with E-state index in [1.165, 1.54) is 11.1 Å². The van der Waals surface area contributed by atoms with E-state index in [1.807, 2.05) is 25.1 Å². The maximum absolute atomic E-state index is 13.9. The lowest BCUT2D eigenvalue weighted by molar-refractivity contribution is -0.229. The molecule has 1 spiro atoms. The Morgan fingerprint density at radius 2 is 1.85 bits per heavy atom. The molecule has 47 heavy (non-hydrogen) atoms. The van der Waals surface area contributed by atoms with E-state index in [0.717, 1.165) is 80.9 Å². The SMILES string of the molecule is C=S1(=O)NC(=O)c2ccc3c(c2)N(C[C@@H]2CC[C@H]2[C@H](C2OCC(N)CO2)CCC[C@H](C)[C@H]1C)C[C@@]1(CCCc2cc(Cl)ccc21)CO3. The molecular weight excluding hydrogens is 634 g/mol. The molecule has 10 heteroatoms. The number of amides is 1. The van der Waals surface area contributed by atoms with Crippen LogP contribution in [0.2, 0.25) is 5.02 Å². The van der Waals surface area contributed by atoms with Crippen molar-refractivity contribution in [3.63, 3.8) is 0 Å². The summed E-state index contributed by atoms with van der Waals surface area (Å²) in [5.41, 5.74) is 9.93. The highest BCUT2D eigenvalue weighted by Crippen LogP contribution is 2.49. The Bertz CT molecular complexity index is 1590. The predicted octanol–water partition coefficient (Wildman–Crippen LogP) is 5.73. The van der Waals surface area contributed by atoms with Gasteiger partial charge < -0.3 is 24.8 Å². The Kier molecular flexibility index (Phi) is 9.33. The minimum Gasteiger partial charge on any atom is -0.490 e. The number of benzene rings is 2. The van der Waals surface area contributed by atoms with E-state index in [1.54, 1.807) is 6.07 Å². The summed E-state index contributed by atoms with van der Waals surface area (Å²) in [7, 11) is -2.90. The number of nitrogens with two attached hydrogens (primary N) is 1. The molecule has 1 unspecified atom stereocenters. The molecule has 256 valence electrons. The molecule has 3 heterocycles. The number of fused-ring (bicyclic) bond motifs is 4. The first-order valence-electron chi connectivity index (χ1n) is 17.5. The highest BCUT2D eigenvalue weighted by atomic mass is 35.5. The monoisotopic (exact) mass is 683 g/mol. The van der Waals surface area contributed by atoms with Crippen LogP contribution in [0.25, 0.3) is 0 Å². The summed E-state index contributed by atoms with van der Waals surface area (Å²) in [5.74, 6) is 5.71. The standard InChI is InChI=1S/C37H50ClN3O5S/c1-23-6-4-8-31(36-44-19-29(39)20-45-36)30-12-9-27(30)18-41-21-37(15-5-7-25-16-28(38)11-13-32(25)37)22-46-34-14-10-26(17-33(34)41)35(42)40-47(3,43)24(23)2/h10-11,13-14,16-17,23-24,27,29-31,36H,3-9,12,15,18-22,39H2,1-2H3,(H,40,42,43)/t23-,24+,27-,29?,30+,31+,36?,37-,47?/m0/s1. The number of carbonyl (C=O) groups is 1. The van der Waals surface area contributed by atoms with Gasteiger partial charge in [-0.25, -0.2) is 4.21 Å². The predicted molar refractivity (Wildman–Crippen MR) is 189 cm³/mol. The van der Waals surface area contributed by atoms with Gasteiger partial charge in [0, 0.05) is 40.3 Å². The maximum Gasteiger partial charge on any atom is 0.262 e. The van der Waals surface area contributed by atoms with E-state index in [0.29, 0.717) is 37.2 Å². The second-order valence-electron chi connectivity index (χ2n) is 15.0. The van der Waals surface area contributed by atoms with Gasteiger partial charge in [0.05, 0.1) is 41.3 Å². The highest BCUT2D eigenvalue weighted by Gasteiger charge is 2.46. The molecule has 2 fully saturated rings. The van der Waals surface area contributed by atoms with E-state index in [-0.39, 0.29) is 40.7 Å². The molecule has 0 aromatic heterocycles. The third-order valence-electron chi connectivity index (χ3n) is 11.9. The first kappa shape index (κ1) is 33.2. The zero-order chi connectivity index (χ0) is 32.9. The van der Waals surface area contributed by atoms with Crippen LogP contribution in [-0.4, -0.2) is 66.5 Å². The lowest BCUT2D eigenvalue weighted by Crippen LogP contribution is -2.51. The van der Waals surface area contributed by atoms with Crippen molar-refractivity contribution >= 4 is 38.8 Å². The van der Waals surface area contributed by atoms with Gasteiger partial charge in [0.2, 0.25) is 0 Å². The molecule has 5 aliphatic rings. The summed E-state index contributed by atoms with van der Waals surface area (Å²) in [5, 5.41) is 0.483. The highest BCUT2D eigenvalue weighted by molar-refractivity contribution is 7.99. The molecule has 3 N–H and O–H groups in total. The summed E-state index contributed by atoms with van der Waals surface area (Å²) in [4.78, 5) is 16.1. The van der Waals surface area contributed by atoms with Gasteiger partial charge in [-0.1, -0.05) is 31.0 Å². The van der Waals surface area contributed by atoms with Crippen molar-refractivity contribution in [2.24, 2.45) is 29.4 Å². The van der Waals surface area contributed by atoms with Gasteiger partial charge in [-0.05, 0) is 117 Å². The number of hydrogen-bond acceptors (Lipinski definition) is 7. The minimum atomic E-state index is -2.90. The quantitative estimate of drug-likeness (QED) is 0.371. The van der Waals surface area contributed by atoms with Gasteiger partial charge in [0.25, 0.3) is 5.91 Å². The van der Waals surface area contributed by atoms with E-state index >= 15 is 0 Å². The summed E-state index contributed by atoms with van der Waals surface area (Å²) in [6, 6.07) is 11.9. The second-order valence-corrected chi connectivity index (χ2v) is 17.9. The fraction of sp³-hybridized carbons (Fsp3) is 0.622. The number of aryl methyl sites for hydroxylation is 1. The van der Waals surface area contributed by atoms with Crippen LogP contribution in [0.1, 0.15) is 80.3 Å². The second kappa shape index (κ2) is 13.2. The van der Waals surface area contributed by atoms with Gasteiger partial charge >= 0.3 is 0 Å². The topological polar surface area (TPSA) is 103 Å². The number of halogens is 1. The van der Waals surface area contributed by atoms with Crippen LogP contribution < -0.4 is 20.1 Å². The Labute approximate surface area is 285 Å². The third kappa shape index (κ3) is 6.55. The van der Waals surface area contributed by atoms with E-state index in [2.05, 4.69) is 34.5 Å². The zero-order valence-corrected chi connectivity index (χ0v) is 29.3. The first-order valence-corrected chi connectivity index (χ1v) is 19.7. The van der Waals surface area contributed by atoms with Crippen LogP contribution in [0.15, 0.2) is 36.4 Å². The van der Waals surface area contributed by atoms with Gasteiger partial charge in [-0.2, -0.15) is 0 Å². The third-order valence-corrected chi connectivity index (χ3v) is 14.4.